The molecule has 1 amide bonds. The van der Waals surface area contributed by atoms with Crippen LogP contribution in [0.25, 0.3) is 0 Å². The highest BCUT2D eigenvalue weighted by Crippen LogP contribution is 2.16. The Labute approximate surface area is 128 Å². The third-order valence-electron chi connectivity index (χ3n) is 3.12. The summed E-state index contributed by atoms with van der Waals surface area (Å²) in [5.41, 5.74) is 10.4. The summed E-state index contributed by atoms with van der Waals surface area (Å²) in [5, 5.41) is 1.94. The number of thiazole rings is 1. The SMILES string of the molecule is Cc1c(C#CCN)cccc1C(=O)N(C)Cc1cscn1. The van der Waals surface area contributed by atoms with E-state index in [2.05, 4.69) is 16.8 Å². The molecule has 0 aliphatic carbocycles. The van der Waals surface area contributed by atoms with Crippen molar-refractivity contribution in [3.8, 4) is 11.8 Å². The van der Waals surface area contributed by atoms with E-state index in [1.807, 2.05) is 30.5 Å². The lowest BCUT2D eigenvalue weighted by atomic mass is 10.0. The highest BCUT2D eigenvalue weighted by molar-refractivity contribution is 7.07. The largest absolute Gasteiger partial charge is 0.336 e. The van der Waals surface area contributed by atoms with Gasteiger partial charge in [-0.15, -0.1) is 11.3 Å². The summed E-state index contributed by atoms with van der Waals surface area (Å²) in [7, 11) is 1.78. The number of benzene rings is 1. The molecule has 4 nitrogen and oxygen atoms in total. The molecular formula is C16H17N3OS. The average Bonchev–Trinajstić information content (AvgIpc) is 2.98. The van der Waals surface area contributed by atoms with Crippen LogP contribution in [-0.4, -0.2) is 29.4 Å². The maximum atomic E-state index is 12.5. The molecule has 5 heteroatoms. The van der Waals surface area contributed by atoms with Crippen molar-refractivity contribution in [3.63, 3.8) is 0 Å². The molecule has 1 aromatic heterocycles. The Kier molecular flexibility index (Phi) is 5.09. The van der Waals surface area contributed by atoms with Crippen molar-refractivity contribution >= 4 is 17.2 Å². The van der Waals surface area contributed by atoms with Gasteiger partial charge >= 0.3 is 0 Å². The topological polar surface area (TPSA) is 59.2 Å². The molecule has 0 aliphatic rings. The van der Waals surface area contributed by atoms with Gasteiger partial charge in [0.2, 0.25) is 0 Å². The smallest absolute Gasteiger partial charge is 0.254 e. The first kappa shape index (κ1) is 15.2. The van der Waals surface area contributed by atoms with Crippen LogP contribution in [0.15, 0.2) is 29.1 Å². The molecule has 0 unspecified atom stereocenters. The van der Waals surface area contributed by atoms with Crippen LogP contribution in [0.2, 0.25) is 0 Å². The third kappa shape index (κ3) is 3.69. The van der Waals surface area contributed by atoms with Gasteiger partial charge in [0.05, 0.1) is 24.3 Å². The minimum atomic E-state index is -0.0306. The van der Waals surface area contributed by atoms with Crippen LogP contribution in [0.4, 0.5) is 0 Å². The first-order valence-electron chi connectivity index (χ1n) is 6.54. The summed E-state index contributed by atoms with van der Waals surface area (Å²) >= 11 is 1.52. The second-order valence-corrected chi connectivity index (χ2v) is 5.34. The third-order valence-corrected chi connectivity index (χ3v) is 3.75. The van der Waals surface area contributed by atoms with Gasteiger partial charge in [-0.25, -0.2) is 4.98 Å². The van der Waals surface area contributed by atoms with E-state index in [1.54, 1.807) is 17.5 Å². The van der Waals surface area contributed by atoms with E-state index < -0.39 is 0 Å². The predicted molar refractivity (Wildman–Crippen MR) is 85.0 cm³/mol. The molecule has 0 saturated heterocycles. The highest BCUT2D eigenvalue weighted by atomic mass is 32.1. The van der Waals surface area contributed by atoms with Crippen LogP contribution in [0, 0.1) is 18.8 Å². The molecule has 1 heterocycles. The molecule has 2 aromatic rings. The van der Waals surface area contributed by atoms with Gasteiger partial charge in [0.25, 0.3) is 5.91 Å². The first-order valence-corrected chi connectivity index (χ1v) is 7.49. The number of aromatic nitrogens is 1. The number of nitrogens with two attached hydrogens (primary N) is 1. The van der Waals surface area contributed by atoms with Crippen molar-refractivity contribution in [2.75, 3.05) is 13.6 Å². The fourth-order valence-electron chi connectivity index (χ4n) is 1.99. The lowest BCUT2D eigenvalue weighted by molar-refractivity contribution is 0.0783. The molecule has 21 heavy (non-hydrogen) atoms. The summed E-state index contributed by atoms with van der Waals surface area (Å²) in [6, 6.07) is 5.56. The maximum absolute atomic E-state index is 12.5. The van der Waals surface area contributed by atoms with Gasteiger partial charge in [0.1, 0.15) is 0 Å². The first-order chi connectivity index (χ1) is 10.1. The zero-order valence-corrected chi connectivity index (χ0v) is 12.9. The van der Waals surface area contributed by atoms with Gasteiger partial charge in [-0.2, -0.15) is 0 Å². The van der Waals surface area contributed by atoms with Gasteiger partial charge in [0, 0.05) is 23.6 Å². The second-order valence-electron chi connectivity index (χ2n) is 4.63. The zero-order chi connectivity index (χ0) is 15.2. The van der Waals surface area contributed by atoms with Crippen LogP contribution in [0.3, 0.4) is 0 Å². The monoisotopic (exact) mass is 299 g/mol. The van der Waals surface area contributed by atoms with Gasteiger partial charge in [-0.1, -0.05) is 17.9 Å². The molecule has 2 rings (SSSR count). The molecule has 0 aliphatic heterocycles. The number of hydrogen-bond donors (Lipinski definition) is 1. The number of rotatable bonds is 3. The van der Waals surface area contributed by atoms with Crippen LogP contribution < -0.4 is 5.73 Å². The molecule has 0 spiro atoms. The number of amides is 1. The maximum Gasteiger partial charge on any atom is 0.254 e. The number of hydrogen-bond acceptors (Lipinski definition) is 4. The molecule has 0 saturated carbocycles. The minimum absolute atomic E-state index is 0.0306. The normalized spacial score (nSPS) is 9.86. The molecule has 0 bridgehead atoms. The van der Waals surface area contributed by atoms with E-state index in [4.69, 9.17) is 5.73 Å². The molecule has 0 atom stereocenters. The molecule has 108 valence electrons. The van der Waals surface area contributed by atoms with Crippen molar-refractivity contribution < 1.29 is 4.79 Å². The minimum Gasteiger partial charge on any atom is -0.336 e. The number of nitrogens with zero attached hydrogens (tertiary/aromatic N) is 2. The fraction of sp³-hybridized carbons (Fsp3) is 0.250. The van der Waals surface area contributed by atoms with Gasteiger partial charge in [-0.05, 0) is 24.6 Å². The predicted octanol–water partition coefficient (Wildman–Crippen LogP) is 2.03. The quantitative estimate of drug-likeness (QED) is 0.882. The number of carbonyl (C=O) groups excluding carboxylic acids is 1. The van der Waals surface area contributed by atoms with E-state index in [0.29, 0.717) is 18.7 Å². The summed E-state index contributed by atoms with van der Waals surface area (Å²) in [6.45, 7) is 2.71. The average molecular weight is 299 g/mol. The summed E-state index contributed by atoms with van der Waals surface area (Å²) in [4.78, 5) is 18.4. The van der Waals surface area contributed by atoms with E-state index in [9.17, 15) is 4.79 Å². The summed E-state index contributed by atoms with van der Waals surface area (Å²) < 4.78 is 0. The molecule has 2 N–H and O–H groups in total. The Morgan fingerprint density at radius 3 is 2.95 bits per heavy atom. The summed E-state index contributed by atoms with van der Waals surface area (Å²) in [5.74, 6) is 5.79. The van der Waals surface area contributed by atoms with Crippen LogP contribution >= 0.6 is 11.3 Å². The Bertz CT molecular complexity index is 683. The fourth-order valence-corrected chi connectivity index (χ4v) is 2.53. The van der Waals surface area contributed by atoms with E-state index in [0.717, 1.165) is 16.8 Å². The molecule has 0 fully saturated rings. The second kappa shape index (κ2) is 7.02. The zero-order valence-electron chi connectivity index (χ0n) is 12.1. The van der Waals surface area contributed by atoms with Gasteiger partial charge < -0.3 is 10.6 Å². The van der Waals surface area contributed by atoms with E-state index >= 15 is 0 Å². The van der Waals surface area contributed by atoms with E-state index in [-0.39, 0.29) is 5.91 Å². The molecule has 1 aromatic carbocycles. The van der Waals surface area contributed by atoms with Gasteiger partial charge in [0.15, 0.2) is 0 Å². The standard InChI is InChI=1S/C16H17N3OS/c1-12-13(6-4-8-17)5-3-7-15(12)16(20)19(2)9-14-10-21-11-18-14/h3,5,7,10-11H,8-9,17H2,1-2H3. The van der Waals surface area contributed by atoms with Crippen molar-refractivity contribution in [3.05, 3.63) is 51.5 Å². The molecule has 0 radical (unpaired) electrons. The lowest BCUT2D eigenvalue weighted by Crippen LogP contribution is -2.27. The summed E-state index contributed by atoms with van der Waals surface area (Å²) in [6.07, 6.45) is 0. The Hall–Kier alpha value is -2.16. The van der Waals surface area contributed by atoms with Crippen LogP contribution in [0.5, 0.6) is 0 Å². The van der Waals surface area contributed by atoms with Crippen molar-refractivity contribution in [1.82, 2.24) is 9.88 Å². The highest BCUT2D eigenvalue weighted by Gasteiger charge is 2.16. The van der Waals surface area contributed by atoms with Gasteiger partial charge in [-0.3, -0.25) is 4.79 Å². The van der Waals surface area contributed by atoms with Crippen LogP contribution in [-0.2, 0) is 6.54 Å². The Balaban J connectivity index is 2.22. The van der Waals surface area contributed by atoms with E-state index in [1.165, 1.54) is 11.3 Å². The van der Waals surface area contributed by atoms with Crippen LogP contribution in [0.1, 0.15) is 27.2 Å². The molecular weight excluding hydrogens is 282 g/mol. The van der Waals surface area contributed by atoms with Crippen molar-refractivity contribution in [1.29, 1.82) is 0 Å². The lowest BCUT2D eigenvalue weighted by Gasteiger charge is -2.17. The Morgan fingerprint density at radius 2 is 2.29 bits per heavy atom. The van der Waals surface area contributed by atoms with Crippen molar-refractivity contribution in [2.45, 2.75) is 13.5 Å². The Morgan fingerprint density at radius 1 is 1.48 bits per heavy atom. The number of carbonyl (C=O) groups is 1. The van der Waals surface area contributed by atoms with Crippen molar-refractivity contribution in [2.24, 2.45) is 5.73 Å².